The highest BCUT2D eigenvalue weighted by Gasteiger charge is 2.04. The molecule has 0 unspecified atom stereocenters. The number of aliphatic imine (C=N–C) groups is 1. The van der Waals surface area contributed by atoms with Crippen molar-refractivity contribution in [2.75, 3.05) is 26.8 Å². The van der Waals surface area contributed by atoms with Crippen molar-refractivity contribution in [3.05, 3.63) is 34.1 Å². The summed E-state index contributed by atoms with van der Waals surface area (Å²) in [5, 5.41) is 6.24. The number of hydrogen-bond donors (Lipinski definition) is 2. The molecule has 0 amide bonds. The smallest absolute Gasteiger partial charge is 0.191 e. The van der Waals surface area contributed by atoms with Crippen molar-refractivity contribution < 1.29 is 9.13 Å². The quantitative estimate of drug-likeness (QED) is 0.453. The van der Waals surface area contributed by atoms with Crippen LogP contribution in [0.15, 0.2) is 27.7 Å². The number of nitrogens with one attached hydrogen (secondary N) is 2. The summed E-state index contributed by atoms with van der Waals surface area (Å²) < 4.78 is 19.7. The molecule has 0 aliphatic rings. The predicted octanol–water partition coefficient (Wildman–Crippen LogP) is 2.68. The van der Waals surface area contributed by atoms with Gasteiger partial charge in [-0.25, -0.2) is 4.39 Å². The van der Waals surface area contributed by atoms with Crippen LogP contribution in [0.5, 0.6) is 0 Å². The van der Waals surface area contributed by atoms with Crippen LogP contribution in [0.1, 0.15) is 18.9 Å². The highest BCUT2D eigenvalue weighted by molar-refractivity contribution is 9.10. The summed E-state index contributed by atoms with van der Waals surface area (Å²) in [6.45, 7) is 4.58. The van der Waals surface area contributed by atoms with E-state index in [0.717, 1.165) is 30.7 Å². The van der Waals surface area contributed by atoms with E-state index in [1.807, 2.05) is 6.92 Å². The van der Waals surface area contributed by atoms with Gasteiger partial charge in [0.05, 0.1) is 0 Å². The van der Waals surface area contributed by atoms with Crippen LogP contribution in [0, 0.1) is 5.82 Å². The van der Waals surface area contributed by atoms with E-state index in [9.17, 15) is 4.39 Å². The van der Waals surface area contributed by atoms with Gasteiger partial charge >= 0.3 is 0 Å². The highest BCUT2D eigenvalue weighted by atomic mass is 79.9. The fraction of sp³-hybridized carbons (Fsp3) is 0.500. The summed E-state index contributed by atoms with van der Waals surface area (Å²) in [7, 11) is 1.69. The Labute approximate surface area is 127 Å². The molecule has 0 bridgehead atoms. The van der Waals surface area contributed by atoms with Crippen LogP contribution in [0.4, 0.5) is 4.39 Å². The van der Waals surface area contributed by atoms with E-state index in [2.05, 4.69) is 31.6 Å². The number of guanidine groups is 1. The fourth-order valence-electron chi connectivity index (χ4n) is 1.60. The first-order chi connectivity index (χ1) is 9.67. The van der Waals surface area contributed by atoms with Gasteiger partial charge in [0.25, 0.3) is 0 Å². The van der Waals surface area contributed by atoms with Gasteiger partial charge in [-0.05, 0) is 31.5 Å². The summed E-state index contributed by atoms with van der Waals surface area (Å²) in [5.74, 6) is 0.424. The third kappa shape index (κ3) is 6.34. The van der Waals surface area contributed by atoms with Crippen molar-refractivity contribution >= 4 is 21.9 Å². The number of benzene rings is 1. The highest BCUT2D eigenvalue weighted by Crippen LogP contribution is 2.15. The zero-order valence-electron chi connectivity index (χ0n) is 11.9. The van der Waals surface area contributed by atoms with Crippen LogP contribution in [-0.4, -0.2) is 32.8 Å². The molecule has 0 aliphatic heterocycles. The van der Waals surface area contributed by atoms with E-state index < -0.39 is 0 Å². The first kappa shape index (κ1) is 16.9. The van der Waals surface area contributed by atoms with Crippen molar-refractivity contribution in [3.8, 4) is 0 Å². The van der Waals surface area contributed by atoms with Crippen molar-refractivity contribution in [2.24, 2.45) is 4.99 Å². The molecule has 112 valence electrons. The van der Waals surface area contributed by atoms with Gasteiger partial charge in [-0.3, -0.25) is 4.99 Å². The van der Waals surface area contributed by atoms with E-state index in [1.54, 1.807) is 19.2 Å². The minimum Gasteiger partial charge on any atom is -0.382 e. The Hall–Kier alpha value is -1.14. The zero-order chi connectivity index (χ0) is 14.8. The minimum absolute atomic E-state index is 0.229. The Morgan fingerprint density at radius 2 is 2.20 bits per heavy atom. The fourth-order valence-corrected chi connectivity index (χ4v) is 2.01. The molecule has 0 saturated heterocycles. The normalized spacial score (nSPS) is 11.5. The third-order valence-corrected chi connectivity index (χ3v) is 3.13. The van der Waals surface area contributed by atoms with Gasteiger partial charge in [0, 0.05) is 43.4 Å². The summed E-state index contributed by atoms with van der Waals surface area (Å²) in [5.41, 5.74) is 0.594. The second-order valence-electron chi connectivity index (χ2n) is 4.14. The summed E-state index contributed by atoms with van der Waals surface area (Å²) >= 11 is 3.33. The maximum atomic E-state index is 13.6. The molecule has 0 radical (unpaired) electrons. The molecule has 0 fully saturated rings. The molecule has 0 spiro atoms. The molecule has 2 N–H and O–H groups in total. The molecule has 0 atom stereocenters. The van der Waals surface area contributed by atoms with Gasteiger partial charge in [0.15, 0.2) is 5.96 Å². The first-order valence-corrected chi connectivity index (χ1v) is 7.42. The Bertz CT molecular complexity index is 440. The van der Waals surface area contributed by atoms with Gasteiger partial charge in [-0.2, -0.15) is 0 Å². The van der Waals surface area contributed by atoms with Gasteiger partial charge in [0.2, 0.25) is 0 Å². The maximum Gasteiger partial charge on any atom is 0.191 e. The summed E-state index contributed by atoms with van der Waals surface area (Å²) in [6.07, 6.45) is 0.903. The Morgan fingerprint density at radius 3 is 2.90 bits per heavy atom. The lowest BCUT2D eigenvalue weighted by Gasteiger charge is -2.12. The van der Waals surface area contributed by atoms with Crippen molar-refractivity contribution in [1.82, 2.24) is 10.6 Å². The largest absolute Gasteiger partial charge is 0.382 e. The number of halogens is 2. The van der Waals surface area contributed by atoms with Crippen molar-refractivity contribution in [3.63, 3.8) is 0 Å². The molecule has 0 heterocycles. The monoisotopic (exact) mass is 345 g/mol. The molecule has 6 heteroatoms. The van der Waals surface area contributed by atoms with E-state index in [4.69, 9.17) is 4.74 Å². The molecule has 0 aromatic heterocycles. The van der Waals surface area contributed by atoms with E-state index in [1.165, 1.54) is 6.07 Å². The van der Waals surface area contributed by atoms with Gasteiger partial charge in [-0.15, -0.1) is 0 Å². The number of nitrogens with zero attached hydrogens (tertiary/aromatic N) is 1. The van der Waals surface area contributed by atoms with Crippen LogP contribution < -0.4 is 10.6 Å². The zero-order valence-corrected chi connectivity index (χ0v) is 13.5. The van der Waals surface area contributed by atoms with Gasteiger partial charge in [-0.1, -0.05) is 15.9 Å². The Balaban J connectivity index is 2.36. The number of hydrogen-bond acceptors (Lipinski definition) is 2. The van der Waals surface area contributed by atoms with Crippen LogP contribution >= 0.6 is 15.9 Å². The topological polar surface area (TPSA) is 45.6 Å². The molecular formula is C14H21BrFN3O. The maximum absolute atomic E-state index is 13.6. The molecule has 20 heavy (non-hydrogen) atoms. The molecule has 1 aromatic rings. The second-order valence-corrected chi connectivity index (χ2v) is 5.05. The minimum atomic E-state index is -0.229. The molecular weight excluding hydrogens is 325 g/mol. The lowest BCUT2D eigenvalue weighted by molar-refractivity contribution is 0.145. The van der Waals surface area contributed by atoms with Gasteiger partial charge < -0.3 is 15.4 Å². The van der Waals surface area contributed by atoms with Crippen molar-refractivity contribution in [1.29, 1.82) is 0 Å². The summed E-state index contributed by atoms with van der Waals surface area (Å²) in [4.78, 5) is 4.09. The first-order valence-electron chi connectivity index (χ1n) is 6.63. The standard InChI is InChI=1S/C14H21BrFN3O/c1-3-20-8-4-7-18-14(17-2)19-10-11-9-12(15)5-6-13(11)16/h5-6,9H,3-4,7-8,10H2,1-2H3,(H2,17,18,19). The third-order valence-electron chi connectivity index (χ3n) is 2.64. The van der Waals surface area contributed by atoms with E-state index >= 15 is 0 Å². The van der Waals surface area contributed by atoms with Gasteiger partial charge in [0.1, 0.15) is 5.82 Å². The second kappa shape index (κ2) is 9.72. The molecule has 1 aromatic carbocycles. The lowest BCUT2D eigenvalue weighted by Crippen LogP contribution is -2.37. The van der Waals surface area contributed by atoms with Crippen LogP contribution in [-0.2, 0) is 11.3 Å². The van der Waals surface area contributed by atoms with Crippen molar-refractivity contribution in [2.45, 2.75) is 19.9 Å². The summed E-state index contributed by atoms with van der Waals surface area (Å²) in [6, 6.07) is 4.88. The van der Waals surface area contributed by atoms with E-state index in [0.29, 0.717) is 18.1 Å². The molecule has 1 rings (SSSR count). The van der Waals surface area contributed by atoms with Crippen LogP contribution in [0.3, 0.4) is 0 Å². The molecule has 0 saturated carbocycles. The predicted molar refractivity (Wildman–Crippen MR) is 83.4 cm³/mol. The Morgan fingerprint density at radius 1 is 1.40 bits per heavy atom. The lowest BCUT2D eigenvalue weighted by atomic mass is 10.2. The Kier molecular flexibility index (Phi) is 8.22. The molecule has 4 nitrogen and oxygen atoms in total. The number of rotatable bonds is 7. The number of ether oxygens (including phenoxy) is 1. The molecule has 0 aliphatic carbocycles. The van der Waals surface area contributed by atoms with Crippen LogP contribution in [0.2, 0.25) is 0 Å². The average Bonchev–Trinajstić information content (AvgIpc) is 2.45. The van der Waals surface area contributed by atoms with Crippen LogP contribution in [0.25, 0.3) is 0 Å². The van der Waals surface area contributed by atoms with E-state index in [-0.39, 0.29) is 5.82 Å². The average molecular weight is 346 g/mol. The SMILES string of the molecule is CCOCCCNC(=NC)NCc1cc(Br)ccc1F.